The monoisotopic (exact) mass is 245 g/mol. The second kappa shape index (κ2) is 4.64. The Labute approximate surface area is 106 Å². The highest BCUT2D eigenvalue weighted by molar-refractivity contribution is 6.08. The molecule has 0 radical (unpaired) electrons. The Morgan fingerprint density at radius 3 is 2.56 bits per heavy atom. The minimum atomic E-state index is -0.850. The number of amides is 1. The average Bonchev–Trinajstić information content (AvgIpc) is 2.54. The number of carbonyl (C=O) groups excluding carboxylic acids is 1. The van der Waals surface area contributed by atoms with E-state index in [1.165, 1.54) is 0 Å². The van der Waals surface area contributed by atoms with Gasteiger partial charge in [-0.2, -0.15) is 0 Å². The number of rotatable bonds is 4. The molecule has 0 aromatic heterocycles. The Hall–Kier alpha value is -2.10. The molecule has 0 aliphatic carbocycles. The molecule has 4 heteroatoms. The molecule has 0 fully saturated rings. The van der Waals surface area contributed by atoms with E-state index in [2.05, 4.69) is 6.58 Å². The Bertz CT molecular complexity index is 487. The Morgan fingerprint density at radius 2 is 2.00 bits per heavy atom. The van der Waals surface area contributed by atoms with Crippen LogP contribution in [0.3, 0.4) is 0 Å². The Balaban J connectivity index is 2.16. The van der Waals surface area contributed by atoms with Crippen LogP contribution in [-0.2, 0) is 4.79 Å². The van der Waals surface area contributed by atoms with Gasteiger partial charge >= 0.3 is 5.97 Å². The van der Waals surface area contributed by atoms with Crippen LogP contribution in [0.5, 0.6) is 0 Å². The van der Waals surface area contributed by atoms with Crippen molar-refractivity contribution in [3.63, 3.8) is 0 Å². The molecule has 1 aromatic carbocycles. The van der Waals surface area contributed by atoms with Crippen LogP contribution in [0.1, 0.15) is 29.3 Å². The van der Waals surface area contributed by atoms with E-state index in [0.29, 0.717) is 17.8 Å². The number of nitrogens with zero attached hydrogens (tertiary/aromatic N) is 1. The maximum atomic E-state index is 12.1. The van der Waals surface area contributed by atoms with Crippen molar-refractivity contribution in [2.24, 2.45) is 5.92 Å². The number of benzene rings is 1. The van der Waals surface area contributed by atoms with Crippen LogP contribution < -0.4 is 0 Å². The van der Waals surface area contributed by atoms with Gasteiger partial charge in [0.25, 0.3) is 5.91 Å². The lowest BCUT2D eigenvalue weighted by molar-refractivity contribution is -0.138. The van der Waals surface area contributed by atoms with E-state index in [0.717, 1.165) is 5.56 Å². The number of hydrogen-bond donors (Lipinski definition) is 1. The molecule has 0 saturated carbocycles. The summed E-state index contributed by atoms with van der Waals surface area (Å²) in [6.07, 6.45) is 0.0490. The lowest BCUT2D eigenvalue weighted by Crippen LogP contribution is -2.29. The molecule has 0 saturated heterocycles. The van der Waals surface area contributed by atoms with Crippen molar-refractivity contribution in [2.45, 2.75) is 13.3 Å². The standard InChI is InChI=1S/C14H15NO3/c1-9(7-13(16)17)8-15-10(2)11-5-3-4-6-12(11)14(15)18/h3-6,9H,2,7-8H2,1H3,(H,16,17). The van der Waals surface area contributed by atoms with Crippen LogP contribution >= 0.6 is 0 Å². The van der Waals surface area contributed by atoms with E-state index in [1.54, 1.807) is 11.0 Å². The first-order valence-electron chi connectivity index (χ1n) is 5.82. The average molecular weight is 245 g/mol. The third-order valence-electron chi connectivity index (χ3n) is 3.06. The van der Waals surface area contributed by atoms with E-state index in [9.17, 15) is 9.59 Å². The molecular formula is C14H15NO3. The first-order chi connectivity index (χ1) is 8.50. The van der Waals surface area contributed by atoms with E-state index < -0.39 is 5.97 Å². The maximum Gasteiger partial charge on any atom is 0.303 e. The van der Waals surface area contributed by atoms with Gasteiger partial charge in [-0.25, -0.2) is 0 Å². The summed E-state index contributed by atoms with van der Waals surface area (Å²) in [5.41, 5.74) is 2.14. The Kier molecular flexibility index (Phi) is 3.19. The predicted octanol–water partition coefficient (Wildman–Crippen LogP) is 2.22. The number of fused-ring (bicyclic) bond motifs is 1. The molecule has 1 heterocycles. The summed E-state index contributed by atoms with van der Waals surface area (Å²) in [7, 11) is 0. The summed E-state index contributed by atoms with van der Waals surface area (Å²) in [6, 6.07) is 7.30. The van der Waals surface area contributed by atoms with Crippen LogP contribution in [0.2, 0.25) is 0 Å². The van der Waals surface area contributed by atoms with E-state index in [4.69, 9.17) is 5.11 Å². The van der Waals surface area contributed by atoms with Crippen molar-refractivity contribution in [3.8, 4) is 0 Å². The summed E-state index contributed by atoms with van der Waals surface area (Å²) < 4.78 is 0. The zero-order valence-electron chi connectivity index (χ0n) is 10.2. The predicted molar refractivity (Wildman–Crippen MR) is 67.9 cm³/mol. The fraction of sp³-hybridized carbons (Fsp3) is 0.286. The number of carbonyl (C=O) groups is 2. The number of carboxylic acid groups (broad SMARTS) is 1. The molecule has 2 rings (SSSR count). The van der Waals surface area contributed by atoms with Gasteiger partial charge in [0.15, 0.2) is 0 Å². The second-order valence-electron chi connectivity index (χ2n) is 4.61. The summed E-state index contributed by atoms with van der Waals surface area (Å²) in [5, 5.41) is 8.74. The highest BCUT2D eigenvalue weighted by Gasteiger charge is 2.31. The van der Waals surface area contributed by atoms with Crippen molar-refractivity contribution in [3.05, 3.63) is 42.0 Å². The van der Waals surface area contributed by atoms with Crippen molar-refractivity contribution in [1.82, 2.24) is 4.90 Å². The highest BCUT2D eigenvalue weighted by atomic mass is 16.4. The molecule has 1 atom stereocenters. The van der Waals surface area contributed by atoms with E-state index in [-0.39, 0.29) is 18.2 Å². The molecule has 94 valence electrons. The molecule has 1 aliphatic heterocycles. The van der Waals surface area contributed by atoms with Gasteiger partial charge in [-0.05, 0) is 12.0 Å². The third-order valence-corrected chi connectivity index (χ3v) is 3.06. The first-order valence-corrected chi connectivity index (χ1v) is 5.82. The van der Waals surface area contributed by atoms with Gasteiger partial charge in [0.2, 0.25) is 0 Å². The summed E-state index contributed by atoms with van der Waals surface area (Å²) in [6.45, 7) is 6.12. The van der Waals surface area contributed by atoms with Crippen molar-refractivity contribution in [1.29, 1.82) is 0 Å². The summed E-state index contributed by atoms with van der Waals surface area (Å²) >= 11 is 0. The van der Waals surface area contributed by atoms with Gasteiger partial charge in [0.1, 0.15) is 0 Å². The third kappa shape index (κ3) is 2.14. The molecular weight excluding hydrogens is 230 g/mol. The SMILES string of the molecule is C=C1c2ccccc2C(=O)N1CC(C)CC(=O)O. The van der Waals surface area contributed by atoms with E-state index >= 15 is 0 Å². The fourth-order valence-electron chi connectivity index (χ4n) is 2.20. The lowest BCUT2D eigenvalue weighted by atomic mass is 10.1. The van der Waals surface area contributed by atoms with E-state index in [1.807, 2.05) is 25.1 Å². The molecule has 1 N–H and O–H groups in total. The van der Waals surface area contributed by atoms with Gasteiger partial charge < -0.3 is 10.0 Å². The number of carboxylic acids is 1. The molecule has 4 nitrogen and oxygen atoms in total. The molecule has 1 amide bonds. The smallest absolute Gasteiger partial charge is 0.303 e. The highest BCUT2D eigenvalue weighted by Crippen LogP contribution is 2.31. The maximum absolute atomic E-state index is 12.1. The molecule has 1 aliphatic rings. The van der Waals surface area contributed by atoms with Crippen molar-refractivity contribution < 1.29 is 14.7 Å². The van der Waals surface area contributed by atoms with Gasteiger partial charge in [-0.3, -0.25) is 9.59 Å². The minimum Gasteiger partial charge on any atom is -0.481 e. The largest absolute Gasteiger partial charge is 0.481 e. The molecule has 18 heavy (non-hydrogen) atoms. The van der Waals surface area contributed by atoms with Gasteiger partial charge in [-0.1, -0.05) is 31.7 Å². The van der Waals surface area contributed by atoms with Crippen LogP contribution in [0.4, 0.5) is 0 Å². The second-order valence-corrected chi connectivity index (χ2v) is 4.61. The van der Waals surface area contributed by atoms with Crippen molar-refractivity contribution in [2.75, 3.05) is 6.54 Å². The van der Waals surface area contributed by atoms with Crippen molar-refractivity contribution >= 4 is 17.6 Å². The molecule has 0 spiro atoms. The van der Waals surface area contributed by atoms with Gasteiger partial charge in [-0.15, -0.1) is 0 Å². The zero-order valence-corrected chi connectivity index (χ0v) is 10.2. The fourth-order valence-corrected chi connectivity index (χ4v) is 2.20. The number of hydrogen-bond acceptors (Lipinski definition) is 2. The first kappa shape index (κ1) is 12.4. The van der Waals surface area contributed by atoms with Crippen LogP contribution in [0.15, 0.2) is 30.8 Å². The summed E-state index contributed by atoms with van der Waals surface area (Å²) in [5.74, 6) is -1.04. The normalized spacial score (nSPS) is 15.7. The molecule has 1 aromatic rings. The Morgan fingerprint density at radius 1 is 1.39 bits per heavy atom. The molecule has 1 unspecified atom stereocenters. The van der Waals surface area contributed by atoms with Crippen LogP contribution in [0.25, 0.3) is 5.70 Å². The lowest BCUT2D eigenvalue weighted by Gasteiger charge is -2.21. The van der Waals surface area contributed by atoms with Crippen LogP contribution in [0, 0.1) is 5.92 Å². The topological polar surface area (TPSA) is 57.6 Å². The van der Waals surface area contributed by atoms with Gasteiger partial charge in [0.05, 0.1) is 0 Å². The van der Waals surface area contributed by atoms with Gasteiger partial charge in [0, 0.05) is 29.8 Å². The summed E-state index contributed by atoms with van der Waals surface area (Å²) in [4.78, 5) is 24.4. The quantitative estimate of drug-likeness (QED) is 0.884. The molecule has 0 bridgehead atoms. The number of aliphatic carboxylic acids is 1. The minimum absolute atomic E-state index is 0.0490. The van der Waals surface area contributed by atoms with Crippen LogP contribution in [-0.4, -0.2) is 28.4 Å². The zero-order chi connectivity index (χ0) is 13.3.